The van der Waals surface area contributed by atoms with Crippen LogP contribution in [0.4, 0.5) is 14.5 Å². The Morgan fingerprint density at radius 2 is 1.86 bits per heavy atom. The molecule has 1 aliphatic carbocycles. The van der Waals surface area contributed by atoms with E-state index in [2.05, 4.69) is 10.0 Å². The monoisotopic (exact) mass is 319 g/mol. The number of nitrogens with one attached hydrogen (secondary N) is 2. The highest BCUT2D eigenvalue weighted by atomic mass is 32.2. The summed E-state index contributed by atoms with van der Waals surface area (Å²) in [4.78, 5) is 8.62. The summed E-state index contributed by atoms with van der Waals surface area (Å²) in [5.41, 5.74) is -1.07. The quantitative estimate of drug-likeness (QED) is 0.617. The maximum atomic E-state index is 13.7. The summed E-state index contributed by atoms with van der Waals surface area (Å²) in [6.07, 6.45) is 0. The van der Waals surface area contributed by atoms with Gasteiger partial charge in [0.1, 0.15) is 10.7 Å². The standard InChI is InChI=1S/C11H11F2N3O4S/c12-7-1-8(13)10(2-9(7)16(17)18)21(19,20)15-11-5-3-14-4-6(5)11/h1-2,5-6,11,14-15H,3-4H2. The Labute approximate surface area is 118 Å². The lowest BCUT2D eigenvalue weighted by atomic mass is 10.3. The summed E-state index contributed by atoms with van der Waals surface area (Å²) < 4.78 is 53.4. The van der Waals surface area contributed by atoms with Crippen molar-refractivity contribution in [2.45, 2.75) is 10.9 Å². The molecule has 1 aromatic rings. The number of hydrogen-bond acceptors (Lipinski definition) is 5. The van der Waals surface area contributed by atoms with E-state index < -0.39 is 37.2 Å². The molecular weight excluding hydrogens is 308 g/mol. The molecule has 1 aromatic carbocycles. The predicted octanol–water partition coefficient (Wildman–Crippen LogP) is 0.369. The molecule has 2 atom stereocenters. The van der Waals surface area contributed by atoms with Gasteiger partial charge in [-0.3, -0.25) is 10.1 Å². The maximum Gasteiger partial charge on any atom is 0.306 e. The van der Waals surface area contributed by atoms with Crippen LogP contribution in [0.25, 0.3) is 0 Å². The zero-order valence-electron chi connectivity index (χ0n) is 10.5. The molecule has 2 fully saturated rings. The molecule has 0 radical (unpaired) electrons. The summed E-state index contributed by atoms with van der Waals surface area (Å²) in [5.74, 6) is -2.46. The number of piperidine rings is 1. The fraction of sp³-hybridized carbons (Fsp3) is 0.455. The molecule has 0 aromatic heterocycles. The highest BCUT2D eigenvalue weighted by Crippen LogP contribution is 2.42. The van der Waals surface area contributed by atoms with Gasteiger partial charge in [0.05, 0.1) is 4.92 Å². The van der Waals surface area contributed by atoms with Crippen LogP contribution in [0.15, 0.2) is 17.0 Å². The lowest BCUT2D eigenvalue weighted by molar-refractivity contribution is -0.387. The molecule has 0 spiro atoms. The van der Waals surface area contributed by atoms with Crippen LogP contribution in [0.3, 0.4) is 0 Å². The van der Waals surface area contributed by atoms with E-state index in [1.54, 1.807) is 0 Å². The number of hydrogen-bond donors (Lipinski definition) is 2. The summed E-state index contributed by atoms with van der Waals surface area (Å²) in [6.45, 7) is 1.34. The minimum Gasteiger partial charge on any atom is -0.316 e. The van der Waals surface area contributed by atoms with Crippen LogP contribution >= 0.6 is 0 Å². The van der Waals surface area contributed by atoms with Gasteiger partial charge in [-0.15, -0.1) is 0 Å². The minimum atomic E-state index is -4.27. The second kappa shape index (κ2) is 4.68. The van der Waals surface area contributed by atoms with Gasteiger partial charge < -0.3 is 5.32 Å². The number of halogens is 2. The fourth-order valence-corrected chi connectivity index (χ4v) is 4.12. The van der Waals surface area contributed by atoms with Gasteiger partial charge in [0.25, 0.3) is 0 Å². The first kappa shape index (κ1) is 14.3. The fourth-order valence-electron chi connectivity index (χ4n) is 2.70. The summed E-state index contributed by atoms with van der Waals surface area (Å²) in [7, 11) is -4.27. The second-order valence-electron chi connectivity index (χ2n) is 5.12. The second-order valence-corrected chi connectivity index (χ2v) is 6.81. The number of nitro groups is 1. The van der Waals surface area contributed by atoms with Gasteiger partial charge in [0.2, 0.25) is 15.8 Å². The topological polar surface area (TPSA) is 101 Å². The molecule has 114 valence electrons. The third-order valence-electron chi connectivity index (χ3n) is 3.87. The summed E-state index contributed by atoms with van der Waals surface area (Å²) in [5, 5.41) is 13.7. The molecule has 0 bridgehead atoms. The van der Waals surface area contributed by atoms with Gasteiger partial charge in [0.15, 0.2) is 0 Å². The SMILES string of the molecule is O=[N+]([O-])c1cc(S(=O)(=O)NC2C3CNCC32)c(F)cc1F. The van der Waals surface area contributed by atoms with Crippen LogP contribution in [0.1, 0.15) is 0 Å². The van der Waals surface area contributed by atoms with Crippen LogP contribution in [0.2, 0.25) is 0 Å². The van der Waals surface area contributed by atoms with E-state index in [0.29, 0.717) is 19.2 Å². The molecule has 2 aliphatic rings. The smallest absolute Gasteiger partial charge is 0.306 e. The van der Waals surface area contributed by atoms with E-state index in [-0.39, 0.29) is 23.9 Å². The first-order valence-corrected chi connectivity index (χ1v) is 7.66. The van der Waals surface area contributed by atoms with Crippen LogP contribution in [0, 0.1) is 33.6 Å². The van der Waals surface area contributed by atoms with Gasteiger partial charge in [-0.2, -0.15) is 4.39 Å². The highest BCUT2D eigenvalue weighted by Gasteiger charge is 2.54. The van der Waals surface area contributed by atoms with E-state index in [4.69, 9.17) is 0 Å². The summed E-state index contributed by atoms with van der Waals surface area (Å²) >= 11 is 0. The summed E-state index contributed by atoms with van der Waals surface area (Å²) in [6, 6.07) is 0.311. The Morgan fingerprint density at radius 1 is 1.24 bits per heavy atom. The van der Waals surface area contributed by atoms with Gasteiger partial charge in [-0.05, 0) is 24.9 Å². The lowest BCUT2D eigenvalue weighted by Crippen LogP contribution is -2.33. The molecule has 2 unspecified atom stereocenters. The van der Waals surface area contributed by atoms with Crippen molar-refractivity contribution in [3.05, 3.63) is 33.9 Å². The normalized spacial score (nSPS) is 27.4. The Morgan fingerprint density at radius 3 is 2.43 bits per heavy atom. The van der Waals surface area contributed by atoms with Gasteiger partial charge >= 0.3 is 5.69 Å². The van der Waals surface area contributed by atoms with E-state index in [0.717, 1.165) is 0 Å². The molecule has 21 heavy (non-hydrogen) atoms. The molecule has 10 heteroatoms. The molecule has 0 amide bonds. The Bertz CT molecular complexity index is 714. The largest absolute Gasteiger partial charge is 0.316 e. The average molecular weight is 319 g/mol. The molecule has 3 rings (SSSR count). The van der Waals surface area contributed by atoms with E-state index in [1.165, 1.54) is 0 Å². The molecule has 7 nitrogen and oxygen atoms in total. The van der Waals surface area contributed by atoms with Crippen molar-refractivity contribution in [3.8, 4) is 0 Å². The number of benzene rings is 1. The lowest BCUT2D eigenvalue weighted by Gasteiger charge is -2.09. The number of fused-ring (bicyclic) bond motifs is 1. The molecule has 1 heterocycles. The van der Waals surface area contributed by atoms with Crippen molar-refractivity contribution in [3.63, 3.8) is 0 Å². The first-order valence-electron chi connectivity index (χ1n) is 6.18. The Balaban J connectivity index is 1.91. The zero-order valence-corrected chi connectivity index (χ0v) is 11.4. The van der Waals surface area contributed by atoms with Crippen molar-refractivity contribution in [2.24, 2.45) is 11.8 Å². The van der Waals surface area contributed by atoms with Crippen molar-refractivity contribution < 1.29 is 22.1 Å². The minimum absolute atomic E-state index is 0.151. The Kier molecular flexibility index (Phi) is 3.19. The van der Waals surface area contributed by atoms with Gasteiger partial charge in [-0.1, -0.05) is 0 Å². The van der Waals surface area contributed by atoms with Crippen LogP contribution in [-0.4, -0.2) is 32.5 Å². The molecule has 2 N–H and O–H groups in total. The molecule has 1 aliphatic heterocycles. The zero-order chi connectivity index (χ0) is 15.4. The molecule has 1 saturated carbocycles. The van der Waals surface area contributed by atoms with E-state index >= 15 is 0 Å². The third-order valence-corrected chi connectivity index (χ3v) is 5.34. The Hall–Kier alpha value is -1.65. The van der Waals surface area contributed by atoms with Crippen LogP contribution < -0.4 is 10.0 Å². The number of nitro benzene ring substituents is 1. The average Bonchev–Trinajstić information content (AvgIpc) is 2.82. The van der Waals surface area contributed by atoms with Crippen molar-refractivity contribution in [1.82, 2.24) is 10.0 Å². The maximum absolute atomic E-state index is 13.7. The van der Waals surface area contributed by atoms with Crippen molar-refractivity contribution >= 4 is 15.7 Å². The first-order chi connectivity index (χ1) is 9.81. The number of rotatable bonds is 4. The highest BCUT2D eigenvalue weighted by molar-refractivity contribution is 7.89. The number of sulfonamides is 1. The van der Waals surface area contributed by atoms with E-state index in [9.17, 15) is 27.3 Å². The van der Waals surface area contributed by atoms with Gasteiger partial charge in [0, 0.05) is 18.2 Å². The van der Waals surface area contributed by atoms with Gasteiger partial charge in [-0.25, -0.2) is 17.5 Å². The van der Waals surface area contributed by atoms with E-state index in [1.807, 2.05) is 0 Å². The van der Waals surface area contributed by atoms with Crippen LogP contribution in [0.5, 0.6) is 0 Å². The predicted molar refractivity (Wildman–Crippen MR) is 67.0 cm³/mol. The van der Waals surface area contributed by atoms with Crippen molar-refractivity contribution in [2.75, 3.05) is 13.1 Å². The third kappa shape index (κ3) is 2.39. The van der Waals surface area contributed by atoms with Crippen molar-refractivity contribution in [1.29, 1.82) is 0 Å². The van der Waals surface area contributed by atoms with Crippen LogP contribution in [-0.2, 0) is 10.0 Å². The number of nitrogens with zero attached hydrogens (tertiary/aromatic N) is 1. The molecule has 1 saturated heterocycles. The molecular formula is C11H11F2N3O4S.